The summed E-state index contributed by atoms with van der Waals surface area (Å²) in [4.78, 5) is 29.9. The number of hydrogen-bond donors (Lipinski definition) is 1. The molecule has 0 saturated carbocycles. The molecule has 10 nitrogen and oxygen atoms in total. The maximum absolute atomic E-state index is 13.1. The molecule has 3 heterocycles. The minimum absolute atomic E-state index is 0.0471. The van der Waals surface area contributed by atoms with Crippen LogP contribution in [-0.2, 0) is 24.3 Å². The first-order valence-corrected chi connectivity index (χ1v) is 13.2. The van der Waals surface area contributed by atoms with Crippen molar-refractivity contribution < 1.29 is 32.3 Å². The highest BCUT2D eigenvalue weighted by atomic mass is 32.2. The van der Waals surface area contributed by atoms with Crippen LogP contribution in [0, 0.1) is 6.92 Å². The van der Waals surface area contributed by atoms with Gasteiger partial charge in [-0.05, 0) is 49.7 Å². The number of ether oxygens (including phenoxy) is 1. The largest absolute Gasteiger partial charge is 0.507 e. The molecule has 36 heavy (non-hydrogen) atoms. The Morgan fingerprint density at radius 2 is 1.72 bits per heavy atom. The predicted octanol–water partition coefficient (Wildman–Crippen LogP) is 1.98. The minimum atomic E-state index is -3.66. The van der Waals surface area contributed by atoms with Gasteiger partial charge in [-0.3, -0.25) is 14.5 Å². The van der Waals surface area contributed by atoms with E-state index in [1.54, 1.807) is 19.1 Å². The van der Waals surface area contributed by atoms with Gasteiger partial charge in [0.25, 0.3) is 11.7 Å². The van der Waals surface area contributed by atoms with Gasteiger partial charge in [0.05, 0.1) is 23.7 Å². The van der Waals surface area contributed by atoms with E-state index >= 15 is 0 Å². The number of ketones is 1. The predicted molar refractivity (Wildman–Crippen MR) is 132 cm³/mol. The lowest BCUT2D eigenvalue weighted by Gasteiger charge is -2.28. The van der Waals surface area contributed by atoms with Crippen molar-refractivity contribution in [3.8, 4) is 0 Å². The zero-order chi connectivity index (χ0) is 26.0. The Hall–Kier alpha value is -2.99. The summed E-state index contributed by atoms with van der Waals surface area (Å²) in [6.07, 6.45) is 0.639. The number of benzene rings is 1. The molecule has 194 valence electrons. The molecule has 0 spiro atoms. The highest BCUT2D eigenvalue weighted by Gasteiger charge is 2.47. The summed E-state index contributed by atoms with van der Waals surface area (Å²) in [7, 11) is -0.806. The number of sulfonamides is 1. The number of Topliss-reactive ketones (excluding diaryl/α,β-unsaturated/α-hetero) is 1. The van der Waals surface area contributed by atoms with Crippen LogP contribution >= 0.6 is 0 Å². The van der Waals surface area contributed by atoms with E-state index in [1.165, 1.54) is 43.3 Å². The van der Waals surface area contributed by atoms with Gasteiger partial charge in [0.2, 0.25) is 10.0 Å². The first-order valence-electron chi connectivity index (χ1n) is 11.8. The smallest absolute Gasteiger partial charge is 0.295 e. The highest BCUT2D eigenvalue weighted by Crippen LogP contribution is 2.40. The molecule has 11 heteroatoms. The molecule has 2 aliphatic heterocycles. The van der Waals surface area contributed by atoms with Crippen LogP contribution in [0.4, 0.5) is 0 Å². The molecule has 2 aromatic rings. The number of aliphatic hydroxyl groups is 1. The third-order valence-electron chi connectivity index (χ3n) is 6.45. The Balaban J connectivity index is 1.66. The molecule has 0 radical (unpaired) electrons. The van der Waals surface area contributed by atoms with Crippen LogP contribution < -0.4 is 0 Å². The lowest BCUT2D eigenvalue weighted by atomic mass is 9.99. The number of hydrogen-bond acceptors (Lipinski definition) is 8. The molecular formula is C25H31N3O7S. The topological polar surface area (TPSA) is 121 Å². The van der Waals surface area contributed by atoms with Crippen molar-refractivity contribution in [2.24, 2.45) is 0 Å². The van der Waals surface area contributed by atoms with Crippen LogP contribution in [0.2, 0.25) is 0 Å². The number of rotatable bonds is 8. The number of carbonyl (C=O) groups is 2. The molecule has 4 rings (SSSR count). The second-order valence-corrected chi connectivity index (χ2v) is 11.2. The second-order valence-electron chi connectivity index (χ2n) is 9.06. The third-order valence-corrected chi connectivity index (χ3v) is 8.28. The molecule has 1 amide bonds. The van der Waals surface area contributed by atoms with Crippen LogP contribution in [0.5, 0.6) is 0 Å². The van der Waals surface area contributed by atoms with E-state index < -0.39 is 27.8 Å². The SMILES string of the molecule is Cc1ccc([C@H]2C(=C(O)c3ccc(S(=O)(=O)N(C)C)cc3)C(=O)C(=O)N2CCCN2CCOCC2)o1. The maximum Gasteiger partial charge on any atom is 0.295 e. The average molecular weight is 518 g/mol. The normalized spacial score (nSPS) is 21.0. The summed E-state index contributed by atoms with van der Waals surface area (Å²) < 4.78 is 37.0. The maximum atomic E-state index is 13.1. The summed E-state index contributed by atoms with van der Waals surface area (Å²) >= 11 is 0. The van der Waals surface area contributed by atoms with Crippen LogP contribution in [0.25, 0.3) is 5.76 Å². The van der Waals surface area contributed by atoms with Gasteiger partial charge in [0, 0.05) is 45.8 Å². The van der Waals surface area contributed by atoms with Crippen molar-refractivity contribution in [2.75, 3.05) is 53.5 Å². The molecule has 0 aliphatic carbocycles. The van der Waals surface area contributed by atoms with Gasteiger partial charge >= 0.3 is 0 Å². The second kappa shape index (κ2) is 10.6. The summed E-state index contributed by atoms with van der Waals surface area (Å²) in [5.41, 5.74) is 0.149. The Kier molecular flexibility index (Phi) is 7.65. The fourth-order valence-electron chi connectivity index (χ4n) is 4.45. The van der Waals surface area contributed by atoms with Crippen LogP contribution in [0.15, 0.2) is 51.3 Å². The number of carbonyl (C=O) groups excluding carboxylic acids is 2. The van der Waals surface area contributed by atoms with Crippen molar-refractivity contribution in [3.05, 3.63) is 59.1 Å². The fraction of sp³-hybridized carbons (Fsp3) is 0.440. The van der Waals surface area contributed by atoms with Crippen molar-refractivity contribution >= 4 is 27.5 Å². The molecule has 2 saturated heterocycles. The van der Waals surface area contributed by atoms with E-state index in [-0.39, 0.29) is 21.8 Å². The zero-order valence-corrected chi connectivity index (χ0v) is 21.5. The molecule has 1 atom stereocenters. The van der Waals surface area contributed by atoms with Crippen LogP contribution in [-0.4, -0.2) is 92.8 Å². The molecule has 2 aliphatic rings. The standard InChI is InChI=1S/C25H31N3O7S/c1-17-5-10-20(35-17)22-21(23(29)18-6-8-19(9-7-18)36(32,33)26(2)3)24(30)25(31)28(22)12-4-11-27-13-15-34-16-14-27/h5-10,22,29H,4,11-16H2,1-3H3/t22-/m0/s1. The van der Waals surface area contributed by atoms with E-state index in [4.69, 9.17) is 9.15 Å². The number of furan rings is 1. The van der Waals surface area contributed by atoms with Crippen LogP contribution in [0.1, 0.15) is 29.5 Å². The fourth-order valence-corrected chi connectivity index (χ4v) is 5.35. The first kappa shape index (κ1) is 26.1. The van der Waals surface area contributed by atoms with Crippen LogP contribution in [0.3, 0.4) is 0 Å². The van der Waals surface area contributed by atoms with Gasteiger partial charge in [-0.25, -0.2) is 12.7 Å². The number of morpholine rings is 1. The number of aliphatic hydroxyl groups excluding tert-OH is 1. The van der Waals surface area contributed by atoms with Crippen molar-refractivity contribution in [1.29, 1.82) is 0 Å². The quantitative estimate of drug-likeness (QED) is 0.321. The molecule has 1 aromatic carbocycles. The van der Waals surface area contributed by atoms with E-state index in [0.29, 0.717) is 37.7 Å². The zero-order valence-electron chi connectivity index (χ0n) is 20.6. The van der Waals surface area contributed by atoms with E-state index in [1.807, 2.05) is 0 Å². The average Bonchev–Trinajstić information content (AvgIpc) is 3.40. The van der Waals surface area contributed by atoms with Gasteiger partial charge in [0.15, 0.2) is 0 Å². The van der Waals surface area contributed by atoms with E-state index in [9.17, 15) is 23.1 Å². The van der Waals surface area contributed by atoms with Gasteiger partial charge in [-0.2, -0.15) is 0 Å². The van der Waals surface area contributed by atoms with Crippen molar-refractivity contribution in [3.63, 3.8) is 0 Å². The Labute approximate surface area is 210 Å². The van der Waals surface area contributed by atoms with Crippen molar-refractivity contribution in [2.45, 2.75) is 24.3 Å². The van der Waals surface area contributed by atoms with Gasteiger partial charge < -0.3 is 19.2 Å². The Bertz CT molecular complexity index is 1260. The minimum Gasteiger partial charge on any atom is -0.507 e. The summed E-state index contributed by atoms with van der Waals surface area (Å²) in [5, 5.41) is 11.2. The van der Waals surface area contributed by atoms with Gasteiger partial charge in [-0.1, -0.05) is 0 Å². The molecule has 0 bridgehead atoms. The van der Waals surface area contributed by atoms with Gasteiger partial charge in [-0.15, -0.1) is 0 Å². The lowest BCUT2D eigenvalue weighted by molar-refractivity contribution is -0.140. The summed E-state index contributed by atoms with van der Waals surface area (Å²) in [6, 6.07) is 8.10. The lowest BCUT2D eigenvalue weighted by Crippen LogP contribution is -2.38. The number of nitrogens with zero attached hydrogens (tertiary/aromatic N) is 3. The Morgan fingerprint density at radius 1 is 1.06 bits per heavy atom. The van der Waals surface area contributed by atoms with Crippen molar-refractivity contribution in [1.82, 2.24) is 14.1 Å². The number of amides is 1. The number of aryl methyl sites for hydroxylation is 1. The molecule has 2 fully saturated rings. The van der Waals surface area contributed by atoms with E-state index in [0.717, 1.165) is 23.9 Å². The molecule has 1 N–H and O–H groups in total. The van der Waals surface area contributed by atoms with E-state index in [2.05, 4.69) is 4.90 Å². The van der Waals surface area contributed by atoms with Gasteiger partial charge in [0.1, 0.15) is 23.3 Å². The first-order chi connectivity index (χ1) is 17.1. The number of likely N-dealkylation sites (tertiary alicyclic amines) is 1. The monoisotopic (exact) mass is 517 g/mol. The molecule has 0 unspecified atom stereocenters. The molecule has 1 aromatic heterocycles. The highest BCUT2D eigenvalue weighted by molar-refractivity contribution is 7.89. The molecular weight excluding hydrogens is 486 g/mol. The summed E-state index contributed by atoms with van der Waals surface area (Å²) in [5.74, 6) is -0.891. The summed E-state index contributed by atoms with van der Waals surface area (Å²) in [6.45, 7) is 5.80. The Morgan fingerprint density at radius 3 is 2.31 bits per heavy atom. The third kappa shape index (κ3) is 5.10.